The van der Waals surface area contributed by atoms with Crippen molar-refractivity contribution in [2.75, 3.05) is 13.1 Å². The van der Waals surface area contributed by atoms with Gasteiger partial charge in [0.15, 0.2) is 0 Å². The molecular weight excluding hydrogens is 310 g/mol. The molecule has 0 saturated carbocycles. The third kappa shape index (κ3) is 3.68. The number of benzene rings is 1. The molecule has 0 aliphatic carbocycles. The molecule has 0 atom stereocenters. The highest BCUT2D eigenvalue weighted by Gasteiger charge is 2.32. The highest BCUT2D eigenvalue weighted by Crippen LogP contribution is 2.18. The van der Waals surface area contributed by atoms with E-state index in [1.165, 1.54) is 12.1 Å². The smallest absolute Gasteiger partial charge is 0.269 e. The molecule has 2 aromatic rings. The SMILES string of the molecule is Cc1cccc(OC2CN(C(=O)Cc3ccc([N+](=O)[O-])cc3)C2)n1. The van der Waals surface area contributed by atoms with Gasteiger partial charge in [-0.2, -0.15) is 0 Å². The van der Waals surface area contributed by atoms with Crippen LogP contribution >= 0.6 is 0 Å². The van der Waals surface area contributed by atoms with Crippen LogP contribution in [0.25, 0.3) is 0 Å². The predicted molar refractivity (Wildman–Crippen MR) is 86.8 cm³/mol. The monoisotopic (exact) mass is 327 g/mol. The minimum Gasteiger partial charge on any atom is -0.471 e. The van der Waals surface area contributed by atoms with E-state index in [1.807, 2.05) is 19.1 Å². The van der Waals surface area contributed by atoms with Crippen molar-refractivity contribution in [1.29, 1.82) is 0 Å². The Hall–Kier alpha value is -2.96. The first-order valence-corrected chi connectivity index (χ1v) is 7.62. The van der Waals surface area contributed by atoms with Crippen molar-refractivity contribution in [2.45, 2.75) is 19.4 Å². The van der Waals surface area contributed by atoms with Gasteiger partial charge in [0.1, 0.15) is 6.10 Å². The van der Waals surface area contributed by atoms with E-state index < -0.39 is 4.92 Å². The molecule has 0 unspecified atom stereocenters. The molecule has 124 valence electrons. The van der Waals surface area contributed by atoms with E-state index in [4.69, 9.17) is 4.74 Å². The maximum Gasteiger partial charge on any atom is 0.269 e. The fraction of sp³-hybridized carbons (Fsp3) is 0.294. The van der Waals surface area contributed by atoms with E-state index in [-0.39, 0.29) is 24.1 Å². The molecule has 0 bridgehead atoms. The van der Waals surface area contributed by atoms with Gasteiger partial charge >= 0.3 is 0 Å². The number of nitro benzene ring substituents is 1. The highest BCUT2D eigenvalue weighted by molar-refractivity contribution is 5.79. The summed E-state index contributed by atoms with van der Waals surface area (Å²) in [6.07, 6.45) is 0.188. The average Bonchev–Trinajstić information content (AvgIpc) is 2.51. The molecule has 24 heavy (non-hydrogen) atoms. The first-order chi connectivity index (χ1) is 11.5. The van der Waals surface area contributed by atoms with Crippen LogP contribution in [0, 0.1) is 17.0 Å². The van der Waals surface area contributed by atoms with Crippen molar-refractivity contribution in [2.24, 2.45) is 0 Å². The molecule has 1 aliphatic rings. The third-order valence-corrected chi connectivity index (χ3v) is 3.85. The van der Waals surface area contributed by atoms with Gasteiger partial charge in [-0.05, 0) is 18.6 Å². The van der Waals surface area contributed by atoms with Crippen molar-refractivity contribution >= 4 is 11.6 Å². The lowest BCUT2D eigenvalue weighted by atomic mass is 10.1. The van der Waals surface area contributed by atoms with Gasteiger partial charge in [0.2, 0.25) is 11.8 Å². The van der Waals surface area contributed by atoms with Crippen LogP contribution in [0.15, 0.2) is 42.5 Å². The molecule has 3 rings (SSSR count). The molecule has 7 nitrogen and oxygen atoms in total. The van der Waals surface area contributed by atoms with Gasteiger partial charge in [-0.3, -0.25) is 14.9 Å². The number of nitro groups is 1. The van der Waals surface area contributed by atoms with E-state index >= 15 is 0 Å². The van der Waals surface area contributed by atoms with Gasteiger partial charge in [0.05, 0.1) is 24.4 Å². The molecule has 1 aliphatic heterocycles. The Labute approximate surface area is 139 Å². The number of likely N-dealkylation sites (tertiary alicyclic amines) is 1. The highest BCUT2D eigenvalue weighted by atomic mass is 16.6. The molecule has 2 heterocycles. The average molecular weight is 327 g/mol. The number of nitrogens with zero attached hydrogens (tertiary/aromatic N) is 3. The largest absolute Gasteiger partial charge is 0.471 e. The summed E-state index contributed by atoms with van der Waals surface area (Å²) < 4.78 is 5.72. The molecule has 0 radical (unpaired) electrons. The number of pyridine rings is 1. The number of carbonyl (C=O) groups is 1. The topological polar surface area (TPSA) is 85.6 Å². The zero-order valence-electron chi connectivity index (χ0n) is 13.2. The van der Waals surface area contributed by atoms with Crippen molar-refractivity contribution in [1.82, 2.24) is 9.88 Å². The fourth-order valence-corrected chi connectivity index (χ4v) is 2.49. The van der Waals surface area contributed by atoms with Crippen molar-refractivity contribution in [3.63, 3.8) is 0 Å². The zero-order chi connectivity index (χ0) is 17.1. The normalized spacial score (nSPS) is 14.1. The van der Waals surface area contributed by atoms with Gasteiger partial charge in [0, 0.05) is 23.9 Å². The number of carbonyl (C=O) groups excluding carboxylic acids is 1. The maximum atomic E-state index is 12.2. The van der Waals surface area contributed by atoms with Crippen LogP contribution in [0.2, 0.25) is 0 Å². The molecule has 1 aromatic heterocycles. The van der Waals surface area contributed by atoms with E-state index in [9.17, 15) is 14.9 Å². The van der Waals surface area contributed by atoms with Crippen LogP contribution in [0.3, 0.4) is 0 Å². The minimum absolute atomic E-state index is 0.0131. The Kier molecular flexibility index (Phi) is 4.41. The first-order valence-electron chi connectivity index (χ1n) is 7.62. The third-order valence-electron chi connectivity index (χ3n) is 3.85. The summed E-state index contributed by atoms with van der Waals surface area (Å²) in [5, 5.41) is 10.6. The molecular formula is C17H17N3O4. The fourth-order valence-electron chi connectivity index (χ4n) is 2.49. The number of rotatable bonds is 5. The molecule has 1 saturated heterocycles. The van der Waals surface area contributed by atoms with E-state index in [0.29, 0.717) is 19.0 Å². The van der Waals surface area contributed by atoms with Gasteiger partial charge < -0.3 is 9.64 Å². The molecule has 1 aromatic carbocycles. The number of aromatic nitrogens is 1. The lowest BCUT2D eigenvalue weighted by Gasteiger charge is -2.38. The Bertz CT molecular complexity index is 755. The van der Waals surface area contributed by atoms with Crippen molar-refractivity contribution in [3.8, 4) is 5.88 Å². The van der Waals surface area contributed by atoms with Crippen LogP contribution in [-0.2, 0) is 11.2 Å². The van der Waals surface area contributed by atoms with E-state index in [2.05, 4.69) is 4.98 Å². The maximum absolute atomic E-state index is 12.2. The second kappa shape index (κ2) is 6.66. The quantitative estimate of drug-likeness (QED) is 0.620. The Morgan fingerprint density at radius 1 is 1.29 bits per heavy atom. The van der Waals surface area contributed by atoms with Gasteiger partial charge in [0.25, 0.3) is 5.69 Å². The number of non-ortho nitro benzene ring substituents is 1. The summed E-state index contributed by atoms with van der Waals surface area (Å²) in [4.78, 5) is 28.3. The Balaban J connectivity index is 1.48. The lowest BCUT2D eigenvalue weighted by molar-refractivity contribution is -0.384. The zero-order valence-corrected chi connectivity index (χ0v) is 13.2. The first kappa shape index (κ1) is 15.9. The summed E-state index contributed by atoms with van der Waals surface area (Å²) >= 11 is 0. The van der Waals surface area contributed by atoms with E-state index in [1.54, 1.807) is 23.1 Å². The Morgan fingerprint density at radius 3 is 2.62 bits per heavy atom. The molecule has 1 fully saturated rings. The number of hydrogen-bond donors (Lipinski definition) is 0. The van der Waals surface area contributed by atoms with Crippen LogP contribution < -0.4 is 4.74 Å². The summed E-state index contributed by atoms with van der Waals surface area (Å²) in [6.45, 7) is 2.95. The van der Waals surface area contributed by atoms with Crippen LogP contribution in [0.4, 0.5) is 5.69 Å². The summed E-state index contributed by atoms with van der Waals surface area (Å²) in [5.74, 6) is 0.559. The second-order valence-electron chi connectivity index (χ2n) is 5.76. The Morgan fingerprint density at radius 2 is 2.00 bits per heavy atom. The standard InChI is InChI=1S/C17H17N3O4/c1-12-3-2-4-16(18-12)24-15-10-19(11-15)17(21)9-13-5-7-14(8-6-13)20(22)23/h2-8,15H,9-11H2,1H3. The number of aryl methyl sites for hydroxylation is 1. The van der Waals surface area contributed by atoms with Crippen LogP contribution in [-0.4, -0.2) is 39.9 Å². The lowest BCUT2D eigenvalue weighted by Crippen LogP contribution is -2.56. The summed E-state index contributed by atoms with van der Waals surface area (Å²) in [7, 11) is 0. The van der Waals surface area contributed by atoms with Crippen LogP contribution in [0.5, 0.6) is 5.88 Å². The summed E-state index contributed by atoms with van der Waals surface area (Å²) in [6, 6.07) is 11.6. The molecule has 7 heteroatoms. The summed E-state index contributed by atoms with van der Waals surface area (Å²) in [5.41, 5.74) is 1.67. The van der Waals surface area contributed by atoms with Crippen LogP contribution in [0.1, 0.15) is 11.3 Å². The number of hydrogen-bond acceptors (Lipinski definition) is 5. The predicted octanol–water partition coefficient (Wildman–Crippen LogP) is 2.13. The van der Waals surface area contributed by atoms with E-state index in [0.717, 1.165) is 11.3 Å². The number of ether oxygens (including phenoxy) is 1. The molecule has 0 spiro atoms. The second-order valence-corrected chi connectivity index (χ2v) is 5.76. The minimum atomic E-state index is -0.456. The van der Waals surface area contributed by atoms with Gasteiger partial charge in [-0.25, -0.2) is 4.98 Å². The van der Waals surface area contributed by atoms with Gasteiger partial charge in [-0.1, -0.05) is 18.2 Å². The van der Waals surface area contributed by atoms with Gasteiger partial charge in [-0.15, -0.1) is 0 Å². The van der Waals surface area contributed by atoms with Crippen molar-refractivity contribution < 1.29 is 14.5 Å². The van der Waals surface area contributed by atoms with Crippen molar-refractivity contribution in [3.05, 3.63) is 63.8 Å². The molecule has 0 N–H and O–H groups in total. The molecule has 1 amide bonds. The number of amides is 1.